The van der Waals surface area contributed by atoms with Gasteiger partial charge in [0.15, 0.2) is 0 Å². The van der Waals surface area contributed by atoms with Crippen molar-refractivity contribution in [1.29, 1.82) is 0 Å². The van der Waals surface area contributed by atoms with Gasteiger partial charge in [0.05, 0.1) is 19.1 Å². The zero-order chi connectivity index (χ0) is 15.6. The lowest BCUT2D eigenvalue weighted by atomic mass is 10.0. The summed E-state index contributed by atoms with van der Waals surface area (Å²) in [5, 5.41) is 12.3. The van der Waals surface area contributed by atoms with Gasteiger partial charge >= 0.3 is 5.97 Å². The van der Waals surface area contributed by atoms with Gasteiger partial charge in [0.25, 0.3) is 0 Å². The molecule has 0 aliphatic heterocycles. The minimum Gasteiger partial charge on any atom is -0.481 e. The number of aliphatic carboxylic acids is 1. The van der Waals surface area contributed by atoms with Crippen molar-refractivity contribution in [3.05, 3.63) is 35.1 Å². The Bertz CT molecular complexity index is 687. The van der Waals surface area contributed by atoms with E-state index in [1.807, 2.05) is 26.0 Å². The number of carboxylic acid groups (broad SMARTS) is 1. The van der Waals surface area contributed by atoms with Gasteiger partial charge in [0.1, 0.15) is 5.58 Å². The minimum absolute atomic E-state index is 0.0871. The summed E-state index contributed by atoms with van der Waals surface area (Å²) in [6.07, 6.45) is 1.68. The van der Waals surface area contributed by atoms with Gasteiger partial charge < -0.3 is 14.8 Å². The van der Waals surface area contributed by atoms with Crippen LogP contribution >= 0.6 is 0 Å². The number of benzene rings is 1. The van der Waals surface area contributed by atoms with Crippen LogP contribution in [0.1, 0.15) is 30.0 Å². The van der Waals surface area contributed by atoms with Gasteiger partial charge in [-0.15, -0.1) is 0 Å². The van der Waals surface area contributed by atoms with Crippen LogP contribution in [0, 0.1) is 13.8 Å². The Balaban J connectivity index is 2.11. The molecule has 2 N–H and O–H groups in total. The molecule has 0 saturated carbocycles. The molecular weight excluding hydrogens is 270 g/mol. The Morgan fingerprint density at radius 2 is 1.95 bits per heavy atom. The second-order valence-electron chi connectivity index (χ2n) is 5.44. The van der Waals surface area contributed by atoms with Crippen LogP contribution in [0.4, 0.5) is 0 Å². The van der Waals surface area contributed by atoms with Crippen LogP contribution in [0.15, 0.2) is 22.8 Å². The van der Waals surface area contributed by atoms with E-state index in [1.54, 1.807) is 13.2 Å². The first-order chi connectivity index (χ1) is 9.86. The Morgan fingerprint density at radius 1 is 1.29 bits per heavy atom. The molecule has 1 heterocycles. The summed E-state index contributed by atoms with van der Waals surface area (Å²) < 4.78 is 5.48. The lowest BCUT2D eigenvalue weighted by molar-refractivity contribution is -0.137. The second kappa shape index (κ2) is 5.99. The topological polar surface area (TPSA) is 79.5 Å². The number of hydrogen-bond acceptors (Lipinski definition) is 3. The molecule has 112 valence electrons. The summed E-state index contributed by atoms with van der Waals surface area (Å²) >= 11 is 0. The van der Waals surface area contributed by atoms with Gasteiger partial charge in [0, 0.05) is 17.0 Å². The molecule has 2 rings (SSSR count). The van der Waals surface area contributed by atoms with Gasteiger partial charge in [-0.05, 0) is 44.0 Å². The molecule has 1 aromatic carbocycles. The van der Waals surface area contributed by atoms with Crippen molar-refractivity contribution in [3.8, 4) is 0 Å². The van der Waals surface area contributed by atoms with Gasteiger partial charge in [-0.3, -0.25) is 9.59 Å². The van der Waals surface area contributed by atoms with Crippen LogP contribution in [-0.4, -0.2) is 23.0 Å². The molecule has 1 unspecified atom stereocenters. The van der Waals surface area contributed by atoms with E-state index in [0.717, 1.165) is 27.7 Å². The van der Waals surface area contributed by atoms with Crippen molar-refractivity contribution in [2.45, 2.75) is 39.7 Å². The molecule has 1 atom stereocenters. The first-order valence-corrected chi connectivity index (χ1v) is 6.85. The van der Waals surface area contributed by atoms with E-state index in [4.69, 9.17) is 9.52 Å². The first kappa shape index (κ1) is 15.1. The Kier molecular flexibility index (Phi) is 4.31. The zero-order valence-electron chi connectivity index (χ0n) is 12.4. The van der Waals surface area contributed by atoms with Crippen molar-refractivity contribution in [2.24, 2.45) is 0 Å². The average molecular weight is 289 g/mol. The van der Waals surface area contributed by atoms with Crippen molar-refractivity contribution < 1.29 is 19.1 Å². The largest absolute Gasteiger partial charge is 0.481 e. The van der Waals surface area contributed by atoms with E-state index in [2.05, 4.69) is 5.32 Å². The van der Waals surface area contributed by atoms with Crippen LogP contribution in [0.3, 0.4) is 0 Å². The number of fused-ring (bicyclic) bond motifs is 1. The Morgan fingerprint density at radius 3 is 2.62 bits per heavy atom. The predicted molar refractivity (Wildman–Crippen MR) is 79.2 cm³/mol. The Labute approximate surface area is 122 Å². The number of amides is 1. The number of carbonyl (C=O) groups is 2. The van der Waals surface area contributed by atoms with Gasteiger partial charge in [-0.2, -0.15) is 0 Å². The molecule has 2 aromatic rings. The standard InChI is InChI=1S/C16H19NO4/c1-9-4-13-12(8-21-14(13)5-10(9)2)7-15(18)17-11(3)6-16(19)20/h4-5,8,11H,6-7H2,1-3H3,(H,17,18)(H,19,20). The smallest absolute Gasteiger partial charge is 0.305 e. The number of carboxylic acids is 1. The average Bonchev–Trinajstić information content (AvgIpc) is 2.71. The molecule has 0 bridgehead atoms. The quantitative estimate of drug-likeness (QED) is 0.886. The third-order valence-electron chi connectivity index (χ3n) is 3.51. The highest BCUT2D eigenvalue weighted by Crippen LogP contribution is 2.25. The van der Waals surface area contributed by atoms with Crippen LogP contribution in [0.5, 0.6) is 0 Å². The fourth-order valence-electron chi connectivity index (χ4n) is 2.28. The lowest BCUT2D eigenvalue weighted by Crippen LogP contribution is -2.35. The van der Waals surface area contributed by atoms with Crippen molar-refractivity contribution >= 4 is 22.8 Å². The van der Waals surface area contributed by atoms with Crippen molar-refractivity contribution in [1.82, 2.24) is 5.32 Å². The van der Waals surface area contributed by atoms with Crippen molar-refractivity contribution in [3.63, 3.8) is 0 Å². The van der Waals surface area contributed by atoms with E-state index in [-0.39, 0.29) is 18.7 Å². The third-order valence-corrected chi connectivity index (χ3v) is 3.51. The molecule has 5 nitrogen and oxygen atoms in total. The SMILES string of the molecule is Cc1cc2occ(CC(=O)NC(C)CC(=O)O)c2cc1C. The van der Waals surface area contributed by atoms with Crippen LogP contribution in [0.2, 0.25) is 0 Å². The highest BCUT2D eigenvalue weighted by atomic mass is 16.4. The number of carbonyl (C=O) groups excluding carboxylic acids is 1. The van der Waals surface area contributed by atoms with Crippen LogP contribution in [-0.2, 0) is 16.0 Å². The minimum atomic E-state index is -0.928. The monoisotopic (exact) mass is 289 g/mol. The highest BCUT2D eigenvalue weighted by molar-refractivity contribution is 5.88. The first-order valence-electron chi connectivity index (χ1n) is 6.85. The maximum absolute atomic E-state index is 12.0. The molecule has 0 radical (unpaired) electrons. The molecule has 1 amide bonds. The number of nitrogens with one attached hydrogen (secondary N) is 1. The zero-order valence-corrected chi connectivity index (χ0v) is 12.4. The second-order valence-corrected chi connectivity index (χ2v) is 5.44. The molecule has 0 fully saturated rings. The fraction of sp³-hybridized carbons (Fsp3) is 0.375. The summed E-state index contributed by atoms with van der Waals surface area (Å²) in [6, 6.07) is 3.58. The van der Waals surface area contributed by atoms with E-state index in [0.29, 0.717) is 0 Å². The van der Waals surface area contributed by atoms with E-state index < -0.39 is 12.0 Å². The number of aryl methyl sites for hydroxylation is 2. The number of hydrogen-bond donors (Lipinski definition) is 2. The van der Waals surface area contributed by atoms with E-state index in [1.165, 1.54) is 0 Å². The molecule has 0 aliphatic rings. The predicted octanol–water partition coefficient (Wildman–Crippen LogP) is 2.57. The lowest BCUT2D eigenvalue weighted by Gasteiger charge is -2.11. The summed E-state index contributed by atoms with van der Waals surface area (Å²) in [6.45, 7) is 5.70. The Hall–Kier alpha value is -2.30. The van der Waals surface area contributed by atoms with Crippen LogP contribution in [0.25, 0.3) is 11.0 Å². The molecule has 0 spiro atoms. The molecule has 0 saturated heterocycles. The van der Waals surface area contributed by atoms with Gasteiger partial charge in [-0.25, -0.2) is 0 Å². The normalized spacial score (nSPS) is 12.3. The van der Waals surface area contributed by atoms with Gasteiger partial charge in [-0.1, -0.05) is 0 Å². The molecule has 0 aliphatic carbocycles. The van der Waals surface area contributed by atoms with E-state index in [9.17, 15) is 9.59 Å². The molecule has 5 heteroatoms. The maximum atomic E-state index is 12.0. The maximum Gasteiger partial charge on any atom is 0.305 e. The fourth-order valence-corrected chi connectivity index (χ4v) is 2.28. The summed E-state index contributed by atoms with van der Waals surface area (Å²) in [5.74, 6) is -1.13. The molecule has 1 aromatic heterocycles. The molecular formula is C16H19NO4. The number of rotatable bonds is 5. The highest BCUT2D eigenvalue weighted by Gasteiger charge is 2.14. The summed E-state index contributed by atoms with van der Waals surface area (Å²) in [5.41, 5.74) is 3.86. The van der Waals surface area contributed by atoms with E-state index >= 15 is 0 Å². The number of furan rings is 1. The summed E-state index contributed by atoms with van der Waals surface area (Å²) in [7, 11) is 0. The molecule has 21 heavy (non-hydrogen) atoms. The third kappa shape index (κ3) is 3.62. The van der Waals surface area contributed by atoms with Crippen LogP contribution < -0.4 is 5.32 Å². The summed E-state index contributed by atoms with van der Waals surface area (Å²) in [4.78, 5) is 22.5. The van der Waals surface area contributed by atoms with Gasteiger partial charge in [0.2, 0.25) is 5.91 Å². The van der Waals surface area contributed by atoms with Crippen molar-refractivity contribution in [2.75, 3.05) is 0 Å².